The van der Waals surface area contributed by atoms with Crippen molar-refractivity contribution in [3.8, 4) is 0 Å². The van der Waals surface area contributed by atoms with Gasteiger partial charge in [-0.2, -0.15) is 0 Å². The fourth-order valence-corrected chi connectivity index (χ4v) is 4.18. The number of rotatable bonds is 10. The van der Waals surface area contributed by atoms with Gasteiger partial charge in [-0.3, -0.25) is 19.0 Å². The predicted octanol–water partition coefficient (Wildman–Crippen LogP) is 4.53. The summed E-state index contributed by atoms with van der Waals surface area (Å²) in [5.41, 5.74) is 1.55. The van der Waals surface area contributed by atoms with E-state index < -0.39 is 5.25 Å². The van der Waals surface area contributed by atoms with Crippen LogP contribution in [0.3, 0.4) is 0 Å². The van der Waals surface area contributed by atoms with Crippen LogP contribution in [0.15, 0.2) is 58.5 Å². The van der Waals surface area contributed by atoms with Crippen LogP contribution in [-0.4, -0.2) is 39.2 Å². The highest BCUT2D eigenvalue weighted by Crippen LogP contribution is 2.24. The van der Waals surface area contributed by atoms with E-state index in [2.05, 4.69) is 10.3 Å². The molecule has 2 aromatic carbocycles. The number of nitrogens with one attached hydrogen (secondary N) is 1. The molecule has 1 atom stereocenters. The first-order valence-corrected chi connectivity index (χ1v) is 11.8. The van der Waals surface area contributed by atoms with E-state index in [1.165, 1.54) is 18.7 Å². The fourth-order valence-electron chi connectivity index (χ4n) is 3.25. The van der Waals surface area contributed by atoms with Crippen LogP contribution in [0.4, 0.5) is 5.69 Å². The molecule has 7 nitrogen and oxygen atoms in total. The van der Waals surface area contributed by atoms with Crippen molar-refractivity contribution < 1.29 is 14.3 Å². The lowest BCUT2D eigenvalue weighted by atomic mass is 10.1. The molecule has 0 radical (unpaired) electrons. The average molecular weight is 468 g/mol. The molecule has 0 fully saturated rings. The van der Waals surface area contributed by atoms with Gasteiger partial charge < -0.3 is 10.1 Å². The summed E-state index contributed by atoms with van der Waals surface area (Å²) in [5.74, 6) is -0.308. The molecular weight excluding hydrogens is 438 g/mol. The average Bonchev–Trinajstić information content (AvgIpc) is 2.78. The molecule has 1 heterocycles. The van der Waals surface area contributed by atoms with Crippen LogP contribution < -0.4 is 10.9 Å². The first kappa shape index (κ1) is 24.7. The van der Waals surface area contributed by atoms with Gasteiger partial charge in [0.2, 0.25) is 5.91 Å². The van der Waals surface area contributed by atoms with Gasteiger partial charge in [0.1, 0.15) is 0 Å². The number of nitrogens with zero attached hydrogens (tertiary/aromatic N) is 2. The summed E-state index contributed by atoms with van der Waals surface area (Å²) >= 11 is 1.23. The fraction of sp³-hybridized carbons (Fsp3) is 0.360. The number of amides is 1. The lowest BCUT2D eigenvalue weighted by Gasteiger charge is -2.17. The van der Waals surface area contributed by atoms with E-state index in [0.29, 0.717) is 46.9 Å². The van der Waals surface area contributed by atoms with E-state index in [4.69, 9.17) is 4.74 Å². The molecule has 3 aromatic rings. The Morgan fingerprint density at radius 2 is 1.88 bits per heavy atom. The maximum absolute atomic E-state index is 13.2. The largest absolute Gasteiger partial charge is 0.379 e. The number of fused-ring (bicyclic) bond motifs is 1. The zero-order chi connectivity index (χ0) is 24.0. The SMILES string of the molecule is CC(=O)c1cccc(NC(=O)[C@@H](C)Sc2nc3ccccc3c(=O)n2CCCOC(C)C)c1. The van der Waals surface area contributed by atoms with Gasteiger partial charge in [-0.05, 0) is 58.4 Å². The number of Topliss-reactive ketones (excluding diaryl/α,β-unsaturated/α-hetero) is 1. The van der Waals surface area contributed by atoms with Gasteiger partial charge in [0.25, 0.3) is 5.56 Å². The molecule has 0 aliphatic heterocycles. The first-order valence-electron chi connectivity index (χ1n) is 11.0. The maximum Gasteiger partial charge on any atom is 0.262 e. The molecule has 0 aliphatic rings. The summed E-state index contributed by atoms with van der Waals surface area (Å²) in [6, 6.07) is 14.0. The summed E-state index contributed by atoms with van der Waals surface area (Å²) in [5, 5.41) is 3.36. The molecule has 8 heteroatoms. The minimum atomic E-state index is -0.516. The van der Waals surface area contributed by atoms with Crippen LogP contribution in [0.2, 0.25) is 0 Å². The minimum absolute atomic E-state index is 0.0700. The second-order valence-electron chi connectivity index (χ2n) is 8.03. The summed E-state index contributed by atoms with van der Waals surface area (Å²) in [7, 11) is 0. The van der Waals surface area contributed by atoms with E-state index in [1.807, 2.05) is 26.0 Å². The third-order valence-electron chi connectivity index (χ3n) is 4.99. The number of benzene rings is 2. The molecule has 174 valence electrons. The minimum Gasteiger partial charge on any atom is -0.379 e. The molecule has 0 unspecified atom stereocenters. The van der Waals surface area contributed by atoms with Crippen molar-refractivity contribution in [1.82, 2.24) is 9.55 Å². The van der Waals surface area contributed by atoms with Gasteiger partial charge in [0.15, 0.2) is 10.9 Å². The molecular formula is C25H29N3O4S. The summed E-state index contributed by atoms with van der Waals surface area (Å²) in [6.07, 6.45) is 0.778. The van der Waals surface area contributed by atoms with Crippen LogP contribution in [0.1, 0.15) is 44.5 Å². The molecule has 0 saturated carbocycles. The lowest BCUT2D eigenvalue weighted by Crippen LogP contribution is -2.27. The Hall–Kier alpha value is -2.97. The topological polar surface area (TPSA) is 90.3 Å². The third kappa shape index (κ3) is 6.52. The molecule has 1 amide bonds. The number of para-hydroxylation sites is 1. The Bertz CT molecular complexity index is 1210. The van der Waals surface area contributed by atoms with E-state index in [-0.39, 0.29) is 23.4 Å². The summed E-state index contributed by atoms with van der Waals surface area (Å²) in [6.45, 7) is 8.16. The van der Waals surface area contributed by atoms with E-state index in [1.54, 1.807) is 47.9 Å². The third-order valence-corrected chi connectivity index (χ3v) is 6.08. The monoisotopic (exact) mass is 467 g/mol. The highest BCUT2D eigenvalue weighted by Gasteiger charge is 2.20. The van der Waals surface area contributed by atoms with E-state index in [0.717, 1.165) is 0 Å². The van der Waals surface area contributed by atoms with Crippen molar-refractivity contribution >= 4 is 40.0 Å². The van der Waals surface area contributed by atoms with Crippen molar-refractivity contribution in [2.24, 2.45) is 0 Å². The number of carbonyl (C=O) groups is 2. The molecule has 0 bridgehead atoms. The lowest BCUT2D eigenvalue weighted by molar-refractivity contribution is -0.115. The van der Waals surface area contributed by atoms with Crippen molar-refractivity contribution in [1.29, 1.82) is 0 Å². The number of hydrogen-bond acceptors (Lipinski definition) is 6. The highest BCUT2D eigenvalue weighted by molar-refractivity contribution is 8.00. The molecule has 3 rings (SSSR count). The van der Waals surface area contributed by atoms with Gasteiger partial charge in [-0.25, -0.2) is 4.98 Å². The molecule has 0 spiro atoms. The van der Waals surface area contributed by atoms with Crippen molar-refractivity contribution in [2.75, 3.05) is 11.9 Å². The number of hydrogen-bond donors (Lipinski definition) is 1. The summed E-state index contributed by atoms with van der Waals surface area (Å²) in [4.78, 5) is 42.3. The zero-order valence-corrected chi connectivity index (χ0v) is 20.1. The van der Waals surface area contributed by atoms with Gasteiger partial charge >= 0.3 is 0 Å². The smallest absolute Gasteiger partial charge is 0.262 e. The van der Waals surface area contributed by atoms with Crippen molar-refractivity contribution in [2.45, 2.75) is 57.2 Å². The van der Waals surface area contributed by atoms with E-state index in [9.17, 15) is 14.4 Å². The zero-order valence-electron chi connectivity index (χ0n) is 19.3. The molecule has 1 aromatic heterocycles. The van der Waals surface area contributed by atoms with Crippen LogP contribution in [0.5, 0.6) is 0 Å². The number of carbonyl (C=O) groups excluding carboxylic acids is 2. The Labute approximate surface area is 197 Å². The number of thioether (sulfide) groups is 1. The van der Waals surface area contributed by atoms with Crippen molar-refractivity contribution in [3.63, 3.8) is 0 Å². The molecule has 0 aliphatic carbocycles. The number of ether oxygens (including phenoxy) is 1. The van der Waals surface area contributed by atoms with Crippen LogP contribution in [0, 0.1) is 0 Å². The molecule has 1 N–H and O–H groups in total. The van der Waals surface area contributed by atoms with Crippen LogP contribution >= 0.6 is 11.8 Å². The van der Waals surface area contributed by atoms with Gasteiger partial charge in [0, 0.05) is 24.4 Å². The normalized spacial score (nSPS) is 12.2. The Morgan fingerprint density at radius 1 is 1.12 bits per heavy atom. The predicted molar refractivity (Wildman–Crippen MR) is 132 cm³/mol. The number of aromatic nitrogens is 2. The first-order chi connectivity index (χ1) is 15.8. The van der Waals surface area contributed by atoms with Crippen molar-refractivity contribution in [3.05, 3.63) is 64.4 Å². The Balaban J connectivity index is 1.81. The highest BCUT2D eigenvalue weighted by atomic mass is 32.2. The molecule has 0 saturated heterocycles. The standard InChI is InChI=1S/C25H29N3O4S/c1-16(2)32-14-8-13-28-24(31)21-11-5-6-12-22(21)27-25(28)33-18(4)23(30)26-20-10-7-9-19(15-20)17(3)29/h5-7,9-12,15-16,18H,8,13-14H2,1-4H3,(H,26,30)/t18-/m1/s1. The summed E-state index contributed by atoms with van der Waals surface area (Å²) < 4.78 is 7.23. The van der Waals surface area contributed by atoms with Gasteiger partial charge in [0.05, 0.1) is 22.3 Å². The Kier molecular flexibility index (Phi) is 8.41. The van der Waals surface area contributed by atoms with Gasteiger partial charge in [-0.1, -0.05) is 36.0 Å². The second-order valence-corrected chi connectivity index (χ2v) is 9.34. The van der Waals surface area contributed by atoms with Crippen LogP contribution in [0.25, 0.3) is 10.9 Å². The second kappa shape index (κ2) is 11.2. The quantitative estimate of drug-likeness (QED) is 0.204. The maximum atomic E-state index is 13.2. The van der Waals surface area contributed by atoms with Crippen LogP contribution in [-0.2, 0) is 16.1 Å². The molecule has 33 heavy (non-hydrogen) atoms. The number of anilines is 1. The van der Waals surface area contributed by atoms with E-state index >= 15 is 0 Å². The Morgan fingerprint density at radius 3 is 2.61 bits per heavy atom. The number of ketones is 1. The van der Waals surface area contributed by atoms with Gasteiger partial charge in [-0.15, -0.1) is 0 Å².